The highest BCUT2D eigenvalue weighted by Gasteiger charge is 2.91. The second-order valence-electron chi connectivity index (χ2n) is 14.9. The fourth-order valence-corrected chi connectivity index (χ4v) is 12.4. The molecule has 264 valence electrons. The average molecular weight is 674 g/mol. The summed E-state index contributed by atoms with van der Waals surface area (Å²) in [7, 11) is 8.19. The van der Waals surface area contributed by atoms with E-state index in [0.29, 0.717) is 13.0 Å². The molecular weight excluding hydrogens is 626 g/mol. The number of hydrogen-bond acceptors (Lipinski definition) is 13. The molecule has 7 bridgehead atoms. The van der Waals surface area contributed by atoms with Crippen LogP contribution in [0.5, 0.6) is 0 Å². The SMILES string of the molecule is COC[C@]12CN(C)[C@@H]3[C@@H]4[C@H](OC)[C@H]1[C@@]3([C@@H](OC)C[C@H]2OC(C)=O)[C@@H]1C[C@@]2(O)[C@H](OC(=O)c3ccccc3)[C@@H]1[C@]4(O)[C@@H](OC(C)=O)[C@@H]2OC. The Morgan fingerprint density at radius 3 is 2.12 bits per heavy atom. The summed E-state index contributed by atoms with van der Waals surface area (Å²) in [6, 6.07) is 8.08. The molecular formula is C35H47NO12. The summed E-state index contributed by atoms with van der Waals surface area (Å²) >= 11 is 0. The average Bonchev–Trinajstić information content (AvgIpc) is 3.44. The van der Waals surface area contributed by atoms with Crippen LogP contribution in [0.2, 0.25) is 0 Å². The number of rotatable bonds is 9. The van der Waals surface area contributed by atoms with E-state index < -0.39 is 106 Å². The number of fused-ring (bicyclic) bond motifs is 2. The molecule has 5 aliphatic carbocycles. The third-order valence-electron chi connectivity index (χ3n) is 13.1. The van der Waals surface area contributed by atoms with E-state index in [1.165, 1.54) is 21.0 Å². The molecule has 1 saturated heterocycles. The van der Waals surface area contributed by atoms with E-state index in [9.17, 15) is 24.6 Å². The van der Waals surface area contributed by atoms with Crippen molar-refractivity contribution in [2.75, 3.05) is 48.6 Å². The van der Waals surface area contributed by atoms with Gasteiger partial charge in [-0.15, -0.1) is 0 Å². The lowest BCUT2D eigenvalue weighted by Gasteiger charge is -2.70. The van der Waals surface area contributed by atoms with Crippen molar-refractivity contribution in [3.8, 4) is 0 Å². The zero-order valence-corrected chi connectivity index (χ0v) is 28.5. The number of ether oxygens (including phenoxy) is 7. The molecule has 13 nitrogen and oxygen atoms in total. The van der Waals surface area contributed by atoms with Gasteiger partial charge in [-0.2, -0.15) is 0 Å². The summed E-state index contributed by atoms with van der Waals surface area (Å²) in [5, 5.41) is 26.5. The van der Waals surface area contributed by atoms with Crippen molar-refractivity contribution >= 4 is 17.9 Å². The molecule has 0 radical (unpaired) electrons. The first-order valence-electron chi connectivity index (χ1n) is 16.7. The molecule has 0 unspecified atom stereocenters. The maximum absolute atomic E-state index is 13.8. The highest BCUT2D eigenvalue weighted by molar-refractivity contribution is 5.89. The summed E-state index contributed by atoms with van der Waals surface area (Å²) in [5.74, 6) is -4.36. The van der Waals surface area contributed by atoms with Crippen molar-refractivity contribution in [2.24, 2.45) is 34.5 Å². The Morgan fingerprint density at radius 1 is 0.854 bits per heavy atom. The number of benzene rings is 1. The predicted molar refractivity (Wildman–Crippen MR) is 165 cm³/mol. The Bertz CT molecular complexity index is 1460. The molecule has 48 heavy (non-hydrogen) atoms. The number of carbonyl (C=O) groups excluding carboxylic acids is 3. The van der Waals surface area contributed by atoms with Crippen LogP contribution in [0.1, 0.15) is 37.0 Å². The Labute approximate surface area is 280 Å². The number of likely N-dealkylation sites (tertiary alicyclic amines) is 1. The van der Waals surface area contributed by atoms with Gasteiger partial charge >= 0.3 is 17.9 Å². The van der Waals surface area contributed by atoms with Gasteiger partial charge in [0.1, 0.15) is 29.5 Å². The van der Waals surface area contributed by atoms with Gasteiger partial charge in [0.05, 0.1) is 24.4 Å². The van der Waals surface area contributed by atoms with E-state index in [-0.39, 0.29) is 18.6 Å². The standard InChI is InChI=1S/C35H47NO12/c1-17(37)46-21-13-22(43-5)34-20-14-33(40)28(48-31(39)19-11-9-8-10-12-19)23(20)35(41,30(29(33)45-7)47-18(2)38)24-25(44-6)26(34)32(21,16-42-4)15-36(3)27(24)34/h8-12,20-30,40-41H,13-16H2,1-7H3/t20-,21-,22+,23-,24+,25+,26-,27-,28-,29+,30+,32+,33-,34+,35-/m1/s1. The number of hydrogen-bond donors (Lipinski definition) is 2. The molecule has 6 aliphatic rings. The van der Waals surface area contributed by atoms with Crippen LogP contribution in [0.25, 0.3) is 0 Å². The molecule has 0 amide bonds. The first-order chi connectivity index (χ1) is 22.8. The van der Waals surface area contributed by atoms with Gasteiger partial charge in [0.15, 0.2) is 6.10 Å². The van der Waals surface area contributed by atoms with E-state index in [0.717, 1.165) is 0 Å². The lowest BCUT2D eigenvalue weighted by Crippen LogP contribution is -2.81. The third kappa shape index (κ3) is 4.00. The van der Waals surface area contributed by atoms with Crippen LogP contribution in [0.4, 0.5) is 0 Å². The fraction of sp³-hybridized carbons (Fsp3) is 0.743. The van der Waals surface area contributed by atoms with Crippen LogP contribution in [-0.4, -0.2) is 136 Å². The van der Waals surface area contributed by atoms with Crippen LogP contribution in [0.15, 0.2) is 30.3 Å². The topological polar surface area (TPSA) is 160 Å². The smallest absolute Gasteiger partial charge is 0.338 e. The van der Waals surface area contributed by atoms with Gasteiger partial charge in [-0.1, -0.05) is 18.2 Å². The highest BCUT2D eigenvalue weighted by Crippen LogP contribution is 2.80. The normalized spacial score (nSPS) is 48.1. The van der Waals surface area contributed by atoms with Crippen LogP contribution in [0, 0.1) is 34.5 Å². The zero-order valence-electron chi connectivity index (χ0n) is 28.5. The molecule has 0 aromatic heterocycles. The quantitative estimate of drug-likeness (QED) is 0.281. The third-order valence-corrected chi connectivity index (χ3v) is 13.1. The Hall–Kier alpha value is -2.65. The van der Waals surface area contributed by atoms with E-state index in [4.69, 9.17) is 33.2 Å². The number of esters is 3. The lowest BCUT2D eigenvalue weighted by atomic mass is 9.42. The molecule has 7 rings (SSSR count). The molecule has 1 aromatic rings. The van der Waals surface area contributed by atoms with Crippen molar-refractivity contribution in [2.45, 2.75) is 80.6 Å². The minimum Gasteiger partial charge on any atom is -0.462 e. The maximum atomic E-state index is 13.8. The van der Waals surface area contributed by atoms with Gasteiger partial charge in [0, 0.05) is 89.9 Å². The molecule has 2 N–H and O–H groups in total. The number of aliphatic hydroxyl groups is 2. The second kappa shape index (κ2) is 11.4. The second-order valence-corrected chi connectivity index (χ2v) is 14.9. The van der Waals surface area contributed by atoms with Crippen LogP contribution < -0.4 is 0 Å². The summed E-state index contributed by atoms with van der Waals surface area (Å²) in [4.78, 5) is 41.3. The van der Waals surface area contributed by atoms with E-state index in [2.05, 4.69) is 4.90 Å². The molecule has 1 heterocycles. The number of piperidine rings is 1. The van der Waals surface area contributed by atoms with E-state index in [1.807, 2.05) is 7.05 Å². The minimum atomic E-state index is -1.90. The summed E-state index contributed by atoms with van der Waals surface area (Å²) in [5.41, 5.74) is -5.09. The summed E-state index contributed by atoms with van der Waals surface area (Å²) < 4.78 is 43.2. The van der Waals surface area contributed by atoms with Crippen LogP contribution in [0.3, 0.4) is 0 Å². The van der Waals surface area contributed by atoms with E-state index >= 15 is 0 Å². The van der Waals surface area contributed by atoms with E-state index in [1.54, 1.807) is 51.7 Å². The van der Waals surface area contributed by atoms with Crippen molar-refractivity contribution in [3.05, 3.63) is 35.9 Å². The molecule has 6 fully saturated rings. The lowest BCUT2D eigenvalue weighted by molar-refractivity contribution is -0.320. The first kappa shape index (κ1) is 33.8. The Morgan fingerprint density at radius 2 is 1.54 bits per heavy atom. The van der Waals surface area contributed by atoms with Crippen LogP contribution in [-0.2, 0) is 42.7 Å². The van der Waals surface area contributed by atoms with Crippen molar-refractivity contribution in [3.63, 3.8) is 0 Å². The molecule has 15 atom stereocenters. The van der Waals surface area contributed by atoms with Gasteiger partial charge in [-0.25, -0.2) is 4.79 Å². The Kier molecular flexibility index (Phi) is 8.06. The van der Waals surface area contributed by atoms with Gasteiger partial charge in [0.2, 0.25) is 0 Å². The number of carbonyl (C=O) groups is 3. The van der Waals surface area contributed by atoms with Crippen molar-refractivity contribution in [1.29, 1.82) is 0 Å². The van der Waals surface area contributed by atoms with Crippen molar-refractivity contribution < 1.29 is 57.8 Å². The molecule has 5 saturated carbocycles. The fourth-order valence-electron chi connectivity index (χ4n) is 12.4. The predicted octanol–water partition coefficient (Wildman–Crippen LogP) is 0.829. The minimum absolute atomic E-state index is 0.0497. The number of nitrogens with zero attached hydrogens (tertiary/aromatic N) is 1. The van der Waals surface area contributed by atoms with Crippen molar-refractivity contribution in [1.82, 2.24) is 4.90 Å². The van der Waals surface area contributed by atoms with Gasteiger partial charge in [-0.05, 0) is 31.5 Å². The molecule has 1 spiro atoms. The molecule has 1 aromatic carbocycles. The Balaban J connectivity index is 1.50. The number of methoxy groups -OCH3 is 4. The highest BCUT2D eigenvalue weighted by atomic mass is 16.6. The van der Waals surface area contributed by atoms with Gasteiger partial charge in [0.25, 0.3) is 0 Å². The monoisotopic (exact) mass is 673 g/mol. The van der Waals surface area contributed by atoms with Gasteiger partial charge in [-0.3, -0.25) is 9.59 Å². The first-order valence-corrected chi connectivity index (χ1v) is 16.7. The maximum Gasteiger partial charge on any atom is 0.338 e. The summed E-state index contributed by atoms with van der Waals surface area (Å²) in [6.07, 6.45) is -5.23. The molecule has 1 aliphatic heterocycles. The molecule has 13 heteroatoms. The van der Waals surface area contributed by atoms with Gasteiger partial charge < -0.3 is 48.3 Å². The van der Waals surface area contributed by atoms with Crippen LogP contribution >= 0.6 is 0 Å². The largest absolute Gasteiger partial charge is 0.462 e. The summed E-state index contributed by atoms with van der Waals surface area (Å²) in [6.45, 7) is 3.31. The zero-order chi connectivity index (χ0) is 34.6.